The van der Waals surface area contributed by atoms with Gasteiger partial charge in [-0.2, -0.15) is 0 Å². The van der Waals surface area contributed by atoms with E-state index in [-0.39, 0.29) is 11.8 Å². The summed E-state index contributed by atoms with van der Waals surface area (Å²) in [5.41, 5.74) is 4.63. The van der Waals surface area contributed by atoms with Crippen molar-refractivity contribution in [3.63, 3.8) is 0 Å². The number of carbonyl (C=O) groups is 2. The van der Waals surface area contributed by atoms with Crippen molar-refractivity contribution in [2.75, 3.05) is 11.9 Å². The molecule has 0 saturated heterocycles. The van der Waals surface area contributed by atoms with Crippen LogP contribution in [0.2, 0.25) is 0 Å². The van der Waals surface area contributed by atoms with Crippen LogP contribution in [0.1, 0.15) is 41.7 Å². The Bertz CT molecular complexity index is 1340. The summed E-state index contributed by atoms with van der Waals surface area (Å²) >= 11 is 3.07. The zero-order valence-electron chi connectivity index (χ0n) is 18.3. The number of nitrogens with zero attached hydrogens (tertiary/aromatic N) is 3. The second-order valence-corrected chi connectivity index (χ2v) is 9.93. The van der Waals surface area contributed by atoms with Crippen LogP contribution in [-0.2, 0) is 13.0 Å². The summed E-state index contributed by atoms with van der Waals surface area (Å²) in [4.78, 5) is 39.0. The maximum absolute atomic E-state index is 13.3. The molecule has 1 N–H and O–H groups in total. The number of nitrogens with one attached hydrogen (secondary N) is 1. The van der Waals surface area contributed by atoms with Crippen molar-refractivity contribution >= 4 is 40.2 Å². The lowest BCUT2D eigenvalue weighted by atomic mass is 10.0. The summed E-state index contributed by atoms with van der Waals surface area (Å²) < 4.78 is 0. The maximum atomic E-state index is 13.3. The highest BCUT2D eigenvalue weighted by Crippen LogP contribution is 2.29. The molecule has 0 saturated carbocycles. The maximum Gasteiger partial charge on any atom is 0.267 e. The molecule has 0 radical (unpaired) electrons. The van der Waals surface area contributed by atoms with Gasteiger partial charge in [-0.15, -0.1) is 22.7 Å². The van der Waals surface area contributed by atoms with Gasteiger partial charge in [0.2, 0.25) is 0 Å². The van der Waals surface area contributed by atoms with Crippen molar-refractivity contribution in [1.82, 2.24) is 14.9 Å². The lowest BCUT2D eigenvalue weighted by Gasteiger charge is -2.28. The fourth-order valence-electron chi connectivity index (χ4n) is 3.98. The quantitative estimate of drug-likeness (QED) is 0.434. The van der Waals surface area contributed by atoms with E-state index in [4.69, 9.17) is 0 Å². The predicted molar refractivity (Wildman–Crippen MR) is 132 cm³/mol. The molecule has 0 aliphatic carbocycles. The molecule has 0 fully saturated rings. The van der Waals surface area contributed by atoms with E-state index in [1.165, 1.54) is 21.8 Å². The zero-order chi connectivity index (χ0) is 22.9. The van der Waals surface area contributed by atoms with Gasteiger partial charge in [0.1, 0.15) is 9.88 Å². The van der Waals surface area contributed by atoms with Crippen LogP contribution < -0.4 is 5.32 Å². The Hall–Kier alpha value is -3.36. The first-order chi connectivity index (χ1) is 16.0. The number of amides is 2. The van der Waals surface area contributed by atoms with Crippen LogP contribution in [-0.4, -0.2) is 33.2 Å². The average molecular weight is 475 g/mol. The van der Waals surface area contributed by atoms with Crippen molar-refractivity contribution in [3.8, 4) is 10.7 Å². The predicted octanol–water partition coefficient (Wildman–Crippen LogP) is 5.33. The molecule has 0 spiro atoms. The van der Waals surface area contributed by atoms with Crippen LogP contribution in [0.15, 0.2) is 54.0 Å². The third-order valence-corrected chi connectivity index (χ3v) is 8.00. The second-order valence-electron chi connectivity index (χ2n) is 7.93. The number of anilines is 1. The molecule has 2 amide bonds. The molecule has 0 unspecified atom stereocenters. The van der Waals surface area contributed by atoms with E-state index in [9.17, 15) is 9.59 Å². The van der Waals surface area contributed by atoms with E-state index < -0.39 is 0 Å². The monoisotopic (exact) mass is 474 g/mol. The number of fused-ring (bicyclic) bond motifs is 1. The van der Waals surface area contributed by atoms with E-state index in [1.807, 2.05) is 55.1 Å². The van der Waals surface area contributed by atoms with Gasteiger partial charge in [0.15, 0.2) is 0 Å². The number of pyridine rings is 1. The smallest absolute Gasteiger partial charge is 0.267 e. The number of rotatable bonds is 4. The number of thiophene rings is 1. The fraction of sp³-hybridized carbons (Fsp3) is 0.200. The van der Waals surface area contributed by atoms with Crippen LogP contribution in [0, 0.1) is 13.8 Å². The van der Waals surface area contributed by atoms with Crippen molar-refractivity contribution in [1.29, 1.82) is 0 Å². The normalized spacial score (nSPS) is 13.0. The van der Waals surface area contributed by atoms with Gasteiger partial charge in [0.25, 0.3) is 11.8 Å². The molecule has 8 heteroatoms. The van der Waals surface area contributed by atoms with Gasteiger partial charge in [-0.1, -0.05) is 12.1 Å². The van der Waals surface area contributed by atoms with Crippen LogP contribution in [0.3, 0.4) is 0 Å². The number of hydrogen-bond acceptors (Lipinski definition) is 6. The molecule has 3 aromatic heterocycles. The minimum atomic E-state index is -0.235. The van der Waals surface area contributed by atoms with Crippen molar-refractivity contribution in [3.05, 3.63) is 86.2 Å². The molecule has 6 nitrogen and oxygen atoms in total. The van der Waals surface area contributed by atoms with E-state index in [0.29, 0.717) is 39.9 Å². The van der Waals surface area contributed by atoms with E-state index >= 15 is 0 Å². The molecule has 0 atom stereocenters. The van der Waals surface area contributed by atoms with Gasteiger partial charge in [-0.3, -0.25) is 14.6 Å². The van der Waals surface area contributed by atoms with Gasteiger partial charge in [0.05, 0.1) is 11.4 Å². The van der Waals surface area contributed by atoms with E-state index in [0.717, 1.165) is 17.7 Å². The van der Waals surface area contributed by atoms with Crippen molar-refractivity contribution in [2.45, 2.75) is 26.8 Å². The summed E-state index contributed by atoms with van der Waals surface area (Å²) in [6, 6.07) is 13.2. The topological polar surface area (TPSA) is 75.2 Å². The minimum absolute atomic E-state index is 0.00754. The molecule has 1 aromatic carbocycles. The first-order valence-corrected chi connectivity index (χ1v) is 12.3. The SMILES string of the molecule is Cc1nc(-c2ccccn2)sc1C(=O)Nc1cccc(C(=O)N2CCc3sccc3C2)c1C. The van der Waals surface area contributed by atoms with Crippen LogP contribution in [0.4, 0.5) is 5.69 Å². The molecule has 4 heterocycles. The van der Waals surface area contributed by atoms with Gasteiger partial charge in [0, 0.05) is 35.4 Å². The Morgan fingerprint density at radius 1 is 1.09 bits per heavy atom. The van der Waals surface area contributed by atoms with Gasteiger partial charge in [-0.25, -0.2) is 4.98 Å². The summed E-state index contributed by atoms with van der Waals surface area (Å²) in [5, 5.41) is 5.77. The molecular formula is C25H22N4O2S2. The van der Waals surface area contributed by atoms with Gasteiger partial charge >= 0.3 is 0 Å². The minimum Gasteiger partial charge on any atom is -0.334 e. The van der Waals surface area contributed by atoms with Crippen molar-refractivity contribution < 1.29 is 9.59 Å². The lowest BCUT2D eigenvalue weighted by molar-refractivity contribution is 0.0735. The van der Waals surface area contributed by atoms with Crippen LogP contribution >= 0.6 is 22.7 Å². The Morgan fingerprint density at radius 3 is 2.79 bits per heavy atom. The fourth-order valence-corrected chi connectivity index (χ4v) is 5.81. The highest BCUT2D eigenvalue weighted by molar-refractivity contribution is 7.17. The molecule has 1 aliphatic heterocycles. The van der Waals surface area contributed by atoms with Crippen molar-refractivity contribution in [2.24, 2.45) is 0 Å². The summed E-state index contributed by atoms with van der Waals surface area (Å²) in [6.07, 6.45) is 2.59. The first kappa shape index (κ1) is 21.5. The largest absolute Gasteiger partial charge is 0.334 e. The Labute approximate surface area is 200 Å². The number of carbonyl (C=O) groups excluding carboxylic acids is 2. The summed E-state index contributed by atoms with van der Waals surface area (Å²) in [6.45, 7) is 5.03. The van der Waals surface area contributed by atoms with Gasteiger partial charge in [-0.05, 0) is 67.1 Å². The summed E-state index contributed by atoms with van der Waals surface area (Å²) in [7, 11) is 0. The lowest BCUT2D eigenvalue weighted by Crippen LogP contribution is -2.35. The Balaban J connectivity index is 1.36. The van der Waals surface area contributed by atoms with Crippen LogP contribution in [0.25, 0.3) is 10.7 Å². The number of aromatic nitrogens is 2. The third-order valence-electron chi connectivity index (χ3n) is 5.79. The second kappa shape index (κ2) is 8.88. The molecule has 0 bridgehead atoms. The first-order valence-electron chi connectivity index (χ1n) is 10.7. The molecule has 33 heavy (non-hydrogen) atoms. The molecular weight excluding hydrogens is 452 g/mol. The Morgan fingerprint density at radius 2 is 1.97 bits per heavy atom. The zero-order valence-corrected chi connectivity index (χ0v) is 19.9. The van der Waals surface area contributed by atoms with E-state index in [1.54, 1.807) is 17.5 Å². The number of thiazole rings is 1. The van der Waals surface area contributed by atoms with Gasteiger partial charge < -0.3 is 10.2 Å². The molecule has 5 rings (SSSR count). The number of hydrogen-bond donors (Lipinski definition) is 1. The number of aryl methyl sites for hydroxylation is 1. The molecule has 4 aromatic rings. The number of benzene rings is 1. The van der Waals surface area contributed by atoms with E-state index in [2.05, 4.69) is 26.7 Å². The van der Waals surface area contributed by atoms with Crippen LogP contribution in [0.5, 0.6) is 0 Å². The highest BCUT2D eigenvalue weighted by atomic mass is 32.1. The average Bonchev–Trinajstić information content (AvgIpc) is 3.46. The highest BCUT2D eigenvalue weighted by Gasteiger charge is 2.25. The molecule has 1 aliphatic rings. The standard InChI is InChI=1S/C25H22N4O2S2/c1-15-18(25(31)29-12-9-21-17(14-29)10-13-32-21)6-5-8-19(15)28-23(30)22-16(2)27-24(33-22)20-7-3-4-11-26-20/h3-8,10-11,13H,9,12,14H2,1-2H3,(H,28,30). The Kier molecular flexibility index (Phi) is 5.78. The molecule has 166 valence electrons. The summed E-state index contributed by atoms with van der Waals surface area (Å²) in [5.74, 6) is -0.243. The third kappa shape index (κ3) is 4.19.